The molecule has 0 fully saturated rings. The van der Waals surface area contributed by atoms with Gasteiger partial charge in [0.25, 0.3) is 5.89 Å². The summed E-state index contributed by atoms with van der Waals surface area (Å²) in [7, 11) is 0. The lowest BCUT2D eigenvalue weighted by Crippen LogP contribution is -2.18. The molecule has 0 saturated carbocycles. The molecular formula is C12H13BrClN3O2. The Hall–Kier alpha value is -0.950. The molecule has 7 heteroatoms. The highest BCUT2D eigenvalue weighted by atomic mass is 79.9. The van der Waals surface area contributed by atoms with Crippen LogP contribution < -0.4 is 5.73 Å². The second-order valence-electron chi connectivity index (χ2n) is 3.85. The average molecular weight is 347 g/mol. The summed E-state index contributed by atoms with van der Waals surface area (Å²) in [5.41, 5.74) is 6.63. The summed E-state index contributed by atoms with van der Waals surface area (Å²) in [6, 6.07) is 5.00. The molecule has 0 saturated heterocycles. The number of rotatable bonds is 5. The smallest absolute Gasteiger partial charge is 0.258 e. The van der Waals surface area contributed by atoms with Crippen LogP contribution in [0.4, 0.5) is 0 Å². The van der Waals surface area contributed by atoms with Crippen molar-refractivity contribution in [3.63, 3.8) is 0 Å². The molecule has 1 atom stereocenters. The van der Waals surface area contributed by atoms with E-state index in [4.69, 9.17) is 26.6 Å². The highest BCUT2D eigenvalue weighted by Gasteiger charge is 2.15. The third-order valence-corrected chi connectivity index (χ3v) is 3.67. The summed E-state index contributed by atoms with van der Waals surface area (Å²) < 4.78 is 11.2. The SMILES string of the molecule is CCOCC(N)c1noc(-c2ccc(Br)c(Cl)c2)n1. The van der Waals surface area contributed by atoms with Crippen molar-refractivity contribution in [2.75, 3.05) is 13.2 Å². The van der Waals surface area contributed by atoms with Gasteiger partial charge >= 0.3 is 0 Å². The van der Waals surface area contributed by atoms with Crippen molar-refractivity contribution in [2.24, 2.45) is 5.73 Å². The molecule has 5 nitrogen and oxygen atoms in total. The van der Waals surface area contributed by atoms with Crippen LogP contribution in [0.5, 0.6) is 0 Å². The minimum atomic E-state index is -0.400. The van der Waals surface area contributed by atoms with Gasteiger partial charge in [0.15, 0.2) is 5.82 Å². The number of benzene rings is 1. The van der Waals surface area contributed by atoms with Gasteiger partial charge in [0.1, 0.15) is 0 Å². The number of nitrogens with two attached hydrogens (primary N) is 1. The van der Waals surface area contributed by atoms with Gasteiger partial charge in [0.2, 0.25) is 0 Å². The first kappa shape index (κ1) is 14.5. The summed E-state index contributed by atoms with van der Waals surface area (Å²) in [4.78, 5) is 4.25. The van der Waals surface area contributed by atoms with Gasteiger partial charge in [-0.2, -0.15) is 4.98 Å². The van der Waals surface area contributed by atoms with E-state index in [0.29, 0.717) is 30.0 Å². The number of ether oxygens (including phenoxy) is 1. The Kier molecular flexibility index (Phi) is 4.93. The van der Waals surface area contributed by atoms with E-state index in [1.807, 2.05) is 19.1 Å². The van der Waals surface area contributed by atoms with E-state index in [2.05, 4.69) is 26.1 Å². The minimum Gasteiger partial charge on any atom is -0.380 e. The van der Waals surface area contributed by atoms with Crippen LogP contribution in [0.2, 0.25) is 5.02 Å². The number of hydrogen-bond acceptors (Lipinski definition) is 5. The maximum absolute atomic E-state index is 6.02. The lowest BCUT2D eigenvalue weighted by molar-refractivity contribution is 0.130. The first-order chi connectivity index (χ1) is 9.11. The number of halogens is 2. The Labute approximate surface area is 124 Å². The van der Waals surface area contributed by atoms with E-state index >= 15 is 0 Å². The molecule has 2 N–H and O–H groups in total. The molecule has 1 heterocycles. The topological polar surface area (TPSA) is 74.2 Å². The third kappa shape index (κ3) is 3.54. The van der Waals surface area contributed by atoms with Crippen molar-refractivity contribution in [2.45, 2.75) is 13.0 Å². The van der Waals surface area contributed by atoms with E-state index in [9.17, 15) is 0 Å². The summed E-state index contributed by atoms with van der Waals surface area (Å²) in [6.07, 6.45) is 0. The highest BCUT2D eigenvalue weighted by molar-refractivity contribution is 9.10. The van der Waals surface area contributed by atoms with Gasteiger partial charge in [-0.3, -0.25) is 0 Å². The summed E-state index contributed by atoms with van der Waals surface area (Å²) >= 11 is 9.34. The van der Waals surface area contributed by atoms with E-state index in [-0.39, 0.29) is 0 Å². The Balaban J connectivity index is 2.18. The van der Waals surface area contributed by atoms with Gasteiger partial charge in [-0.1, -0.05) is 16.8 Å². The van der Waals surface area contributed by atoms with Crippen LogP contribution >= 0.6 is 27.5 Å². The Morgan fingerprint density at radius 3 is 3.00 bits per heavy atom. The van der Waals surface area contributed by atoms with Gasteiger partial charge in [0, 0.05) is 16.6 Å². The van der Waals surface area contributed by atoms with Crippen LogP contribution in [0, 0.1) is 0 Å². The van der Waals surface area contributed by atoms with Gasteiger partial charge in [-0.15, -0.1) is 0 Å². The van der Waals surface area contributed by atoms with Crippen molar-refractivity contribution in [3.05, 3.63) is 33.5 Å². The molecule has 0 radical (unpaired) electrons. The molecule has 0 amide bonds. The number of aromatic nitrogens is 2. The molecule has 1 aromatic heterocycles. The van der Waals surface area contributed by atoms with Gasteiger partial charge in [-0.05, 0) is 41.1 Å². The summed E-state index contributed by atoms with van der Waals surface area (Å²) in [5.74, 6) is 0.804. The van der Waals surface area contributed by atoms with Gasteiger partial charge in [0.05, 0.1) is 17.7 Å². The molecule has 0 bridgehead atoms. The Morgan fingerprint density at radius 1 is 1.53 bits per heavy atom. The van der Waals surface area contributed by atoms with Crippen LogP contribution in [0.3, 0.4) is 0 Å². The van der Waals surface area contributed by atoms with E-state index in [1.54, 1.807) is 6.07 Å². The van der Waals surface area contributed by atoms with Crippen LogP contribution in [0.15, 0.2) is 27.2 Å². The molecule has 0 spiro atoms. The van der Waals surface area contributed by atoms with Crippen molar-refractivity contribution < 1.29 is 9.26 Å². The highest BCUT2D eigenvalue weighted by Crippen LogP contribution is 2.28. The van der Waals surface area contributed by atoms with E-state index in [0.717, 1.165) is 10.0 Å². The minimum absolute atomic E-state index is 0.358. The predicted molar refractivity (Wildman–Crippen MR) is 75.9 cm³/mol. The van der Waals surface area contributed by atoms with Crippen molar-refractivity contribution in [3.8, 4) is 11.5 Å². The van der Waals surface area contributed by atoms with Crippen LogP contribution in [-0.4, -0.2) is 23.4 Å². The monoisotopic (exact) mass is 345 g/mol. The first-order valence-corrected chi connectivity index (χ1v) is 6.91. The molecule has 0 aliphatic carbocycles. The fourth-order valence-electron chi connectivity index (χ4n) is 1.45. The molecule has 0 aliphatic rings. The maximum Gasteiger partial charge on any atom is 0.258 e. The Morgan fingerprint density at radius 2 is 2.32 bits per heavy atom. The van der Waals surface area contributed by atoms with E-state index in [1.165, 1.54) is 0 Å². The zero-order valence-electron chi connectivity index (χ0n) is 10.3. The number of nitrogens with zero attached hydrogens (tertiary/aromatic N) is 2. The molecule has 19 heavy (non-hydrogen) atoms. The molecular weight excluding hydrogens is 334 g/mol. The normalized spacial score (nSPS) is 12.6. The average Bonchev–Trinajstić information content (AvgIpc) is 2.89. The zero-order valence-corrected chi connectivity index (χ0v) is 12.6. The fraction of sp³-hybridized carbons (Fsp3) is 0.333. The molecule has 0 aliphatic heterocycles. The second kappa shape index (κ2) is 6.47. The largest absolute Gasteiger partial charge is 0.380 e. The van der Waals surface area contributed by atoms with Gasteiger partial charge < -0.3 is 15.0 Å². The lowest BCUT2D eigenvalue weighted by Gasteiger charge is -2.05. The van der Waals surface area contributed by atoms with Crippen molar-refractivity contribution >= 4 is 27.5 Å². The standard InChI is InChI=1S/C12H13BrClN3O2/c1-2-18-6-10(15)11-16-12(19-17-11)7-3-4-8(13)9(14)5-7/h3-5,10H,2,6,15H2,1H3. The lowest BCUT2D eigenvalue weighted by atomic mass is 10.2. The Bertz CT molecular complexity index is 562. The van der Waals surface area contributed by atoms with Crippen molar-refractivity contribution in [1.82, 2.24) is 10.1 Å². The molecule has 1 unspecified atom stereocenters. The fourth-order valence-corrected chi connectivity index (χ4v) is 1.88. The summed E-state index contributed by atoms with van der Waals surface area (Å²) in [6.45, 7) is 2.86. The third-order valence-electron chi connectivity index (χ3n) is 2.44. The molecule has 1 aromatic carbocycles. The van der Waals surface area contributed by atoms with E-state index < -0.39 is 6.04 Å². The molecule has 102 valence electrons. The quantitative estimate of drug-likeness (QED) is 0.900. The predicted octanol–water partition coefficient (Wildman–Crippen LogP) is 3.19. The molecule has 2 rings (SSSR count). The van der Waals surface area contributed by atoms with Crippen molar-refractivity contribution in [1.29, 1.82) is 0 Å². The first-order valence-electron chi connectivity index (χ1n) is 5.74. The number of hydrogen-bond donors (Lipinski definition) is 1. The maximum atomic E-state index is 6.02. The van der Waals surface area contributed by atoms with Crippen LogP contribution in [0.25, 0.3) is 11.5 Å². The van der Waals surface area contributed by atoms with Gasteiger partial charge in [-0.25, -0.2) is 0 Å². The molecule has 2 aromatic rings. The zero-order chi connectivity index (χ0) is 13.8. The summed E-state index contributed by atoms with van der Waals surface area (Å²) in [5, 5.41) is 4.43. The van der Waals surface area contributed by atoms with Crippen LogP contribution in [-0.2, 0) is 4.74 Å². The second-order valence-corrected chi connectivity index (χ2v) is 5.11. The van der Waals surface area contributed by atoms with Crippen LogP contribution in [0.1, 0.15) is 18.8 Å².